The Bertz CT molecular complexity index is 586. The van der Waals surface area contributed by atoms with E-state index in [1.54, 1.807) is 0 Å². The number of aromatic amines is 1. The van der Waals surface area contributed by atoms with Gasteiger partial charge in [-0.2, -0.15) is 0 Å². The molecule has 0 aliphatic heterocycles. The van der Waals surface area contributed by atoms with Crippen LogP contribution in [0.25, 0.3) is 0 Å². The van der Waals surface area contributed by atoms with Crippen LogP contribution in [0, 0.1) is 0 Å². The molecule has 88 valence electrons. The molecule has 17 heavy (non-hydrogen) atoms. The molecule has 0 aliphatic rings. The van der Waals surface area contributed by atoms with Crippen LogP contribution in [0.15, 0.2) is 40.4 Å². The summed E-state index contributed by atoms with van der Waals surface area (Å²) in [6.45, 7) is 0. The highest BCUT2D eigenvalue weighted by atomic mass is 35.5. The first kappa shape index (κ1) is 12.5. The minimum atomic E-state index is -0.330. The van der Waals surface area contributed by atoms with Crippen LogP contribution >= 0.6 is 35.0 Å². The minimum absolute atomic E-state index is 0.115. The molecule has 0 radical (unpaired) electrons. The number of aromatic nitrogens is 2. The third kappa shape index (κ3) is 3.03. The Morgan fingerprint density at radius 1 is 1.29 bits per heavy atom. The fraction of sp³-hybridized carbons (Fsp3) is 0.0909. The van der Waals surface area contributed by atoms with Gasteiger partial charge in [-0.3, -0.25) is 4.79 Å². The fourth-order valence-electron chi connectivity index (χ4n) is 1.23. The Kier molecular flexibility index (Phi) is 4.10. The van der Waals surface area contributed by atoms with Crippen molar-refractivity contribution in [3.63, 3.8) is 0 Å². The summed E-state index contributed by atoms with van der Waals surface area (Å²) in [5.74, 6) is 0.621. The van der Waals surface area contributed by atoms with Crippen molar-refractivity contribution in [3.05, 3.63) is 56.6 Å². The molecule has 0 unspecified atom stereocenters. The monoisotopic (exact) mass is 286 g/mol. The van der Waals surface area contributed by atoms with Crippen LogP contribution in [0.1, 0.15) is 5.56 Å². The zero-order valence-corrected chi connectivity index (χ0v) is 10.9. The Labute approximate surface area is 112 Å². The molecule has 1 aromatic carbocycles. The zero-order chi connectivity index (χ0) is 12.3. The third-order valence-corrected chi connectivity index (χ3v) is 3.96. The van der Waals surface area contributed by atoms with Gasteiger partial charge in [-0.05, 0) is 11.6 Å². The number of benzene rings is 1. The van der Waals surface area contributed by atoms with Crippen molar-refractivity contribution in [3.8, 4) is 0 Å². The molecule has 6 heteroatoms. The van der Waals surface area contributed by atoms with E-state index in [1.807, 2.05) is 24.3 Å². The van der Waals surface area contributed by atoms with Gasteiger partial charge in [0.25, 0.3) is 5.56 Å². The summed E-state index contributed by atoms with van der Waals surface area (Å²) in [6.07, 6.45) is 1.34. The highest BCUT2D eigenvalue weighted by molar-refractivity contribution is 7.98. The molecule has 3 nitrogen and oxygen atoms in total. The predicted molar refractivity (Wildman–Crippen MR) is 70.9 cm³/mol. The first-order valence-electron chi connectivity index (χ1n) is 4.78. The number of hydrogen-bond acceptors (Lipinski definition) is 3. The van der Waals surface area contributed by atoms with Gasteiger partial charge in [0.05, 0.1) is 6.33 Å². The van der Waals surface area contributed by atoms with E-state index in [2.05, 4.69) is 9.97 Å². The molecule has 0 saturated carbocycles. The van der Waals surface area contributed by atoms with Crippen molar-refractivity contribution in [1.29, 1.82) is 0 Å². The summed E-state index contributed by atoms with van der Waals surface area (Å²) in [4.78, 5) is 17.7. The summed E-state index contributed by atoms with van der Waals surface area (Å²) in [7, 11) is 0. The van der Waals surface area contributed by atoms with E-state index in [9.17, 15) is 4.79 Å². The molecule has 1 N–H and O–H groups in total. The number of nitrogens with one attached hydrogen (secondary N) is 1. The van der Waals surface area contributed by atoms with Gasteiger partial charge in [0.1, 0.15) is 10.0 Å². The van der Waals surface area contributed by atoms with E-state index in [4.69, 9.17) is 23.2 Å². The van der Waals surface area contributed by atoms with Gasteiger partial charge >= 0.3 is 0 Å². The molecule has 1 heterocycles. The molecule has 1 aromatic heterocycles. The van der Waals surface area contributed by atoms with Crippen LogP contribution in [0.4, 0.5) is 0 Å². The van der Waals surface area contributed by atoms with E-state index in [0.717, 1.165) is 5.56 Å². The summed E-state index contributed by atoms with van der Waals surface area (Å²) in [6, 6.07) is 7.53. The molecule has 0 bridgehead atoms. The number of nitrogens with zero attached hydrogens (tertiary/aromatic N) is 1. The van der Waals surface area contributed by atoms with Crippen LogP contribution in [0.2, 0.25) is 10.0 Å². The van der Waals surface area contributed by atoms with Gasteiger partial charge in [0.15, 0.2) is 0 Å². The maximum atomic E-state index is 11.3. The van der Waals surface area contributed by atoms with Crippen LogP contribution in [-0.2, 0) is 5.75 Å². The van der Waals surface area contributed by atoms with Crippen molar-refractivity contribution in [2.75, 3.05) is 0 Å². The lowest BCUT2D eigenvalue weighted by Crippen LogP contribution is -2.07. The van der Waals surface area contributed by atoms with E-state index >= 15 is 0 Å². The average molecular weight is 287 g/mol. The number of rotatable bonds is 3. The lowest BCUT2D eigenvalue weighted by molar-refractivity contribution is 1.01. The molecule has 0 spiro atoms. The topological polar surface area (TPSA) is 45.8 Å². The standard InChI is InChI=1S/C11H8Cl2N2OS/c12-8-4-2-1-3-7(8)5-17-11-9(13)10(16)14-6-15-11/h1-4,6H,5H2,(H,14,15,16). The second-order valence-corrected chi connectivity index (χ2v) is 4.98. The molecule has 0 aliphatic carbocycles. The molecule has 0 atom stereocenters. The van der Waals surface area contributed by atoms with Gasteiger partial charge < -0.3 is 4.98 Å². The van der Waals surface area contributed by atoms with Crippen molar-refractivity contribution in [2.45, 2.75) is 10.8 Å². The lowest BCUT2D eigenvalue weighted by atomic mass is 10.2. The first-order chi connectivity index (χ1) is 8.18. The summed E-state index contributed by atoms with van der Waals surface area (Å²) in [5, 5.41) is 1.32. The van der Waals surface area contributed by atoms with Gasteiger partial charge in [-0.15, -0.1) is 0 Å². The van der Waals surface area contributed by atoms with Crippen LogP contribution in [-0.4, -0.2) is 9.97 Å². The largest absolute Gasteiger partial charge is 0.312 e. The van der Waals surface area contributed by atoms with Crippen molar-refractivity contribution in [1.82, 2.24) is 9.97 Å². The van der Waals surface area contributed by atoms with Gasteiger partial charge in [0.2, 0.25) is 0 Å². The van der Waals surface area contributed by atoms with Crippen molar-refractivity contribution in [2.24, 2.45) is 0 Å². The van der Waals surface area contributed by atoms with Crippen molar-refractivity contribution >= 4 is 35.0 Å². The Morgan fingerprint density at radius 2 is 2.06 bits per heavy atom. The number of hydrogen-bond donors (Lipinski definition) is 1. The number of thioether (sulfide) groups is 1. The van der Waals surface area contributed by atoms with Gasteiger partial charge in [-0.25, -0.2) is 4.98 Å². The van der Waals surface area contributed by atoms with Crippen LogP contribution in [0.5, 0.6) is 0 Å². The van der Waals surface area contributed by atoms with E-state index in [1.165, 1.54) is 18.1 Å². The molecular formula is C11H8Cl2N2OS. The maximum absolute atomic E-state index is 11.3. The lowest BCUT2D eigenvalue weighted by Gasteiger charge is -2.04. The Morgan fingerprint density at radius 3 is 2.82 bits per heavy atom. The highest BCUT2D eigenvalue weighted by Gasteiger charge is 2.07. The zero-order valence-electron chi connectivity index (χ0n) is 8.61. The SMILES string of the molecule is O=c1[nH]cnc(SCc2ccccc2Cl)c1Cl. The Balaban J connectivity index is 2.16. The van der Waals surface area contributed by atoms with Gasteiger partial charge in [-0.1, -0.05) is 53.2 Å². The molecule has 0 saturated heterocycles. The van der Waals surface area contributed by atoms with E-state index < -0.39 is 0 Å². The minimum Gasteiger partial charge on any atom is -0.312 e. The molecule has 2 aromatic rings. The van der Waals surface area contributed by atoms with Crippen LogP contribution in [0.3, 0.4) is 0 Å². The van der Waals surface area contributed by atoms with Gasteiger partial charge in [0, 0.05) is 10.8 Å². The smallest absolute Gasteiger partial charge is 0.270 e. The summed E-state index contributed by atoms with van der Waals surface area (Å²) < 4.78 is 0. The molecular weight excluding hydrogens is 279 g/mol. The predicted octanol–water partition coefficient (Wildman–Crippen LogP) is 3.37. The second-order valence-electron chi connectivity index (χ2n) is 3.23. The summed E-state index contributed by atoms with van der Waals surface area (Å²) in [5.41, 5.74) is 0.653. The van der Waals surface area contributed by atoms with E-state index in [-0.39, 0.29) is 10.6 Å². The third-order valence-electron chi connectivity index (χ3n) is 2.09. The molecule has 2 rings (SSSR count). The molecule has 0 amide bonds. The Hall–Kier alpha value is -0.970. The highest BCUT2D eigenvalue weighted by Crippen LogP contribution is 2.27. The summed E-state index contributed by atoms with van der Waals surface area (Å²) >= 11 is 13.2. The quantitative estimate of drug-likeness (QED) is 0.695. The van der Waals surface area contributed by atoms with Crippen LogP contribution < -0.4 is 5.56 Å². The maximum Gasteiger partial charge on any atom is 0.270 e. The van der Waals surface area contributed by atoms with E-state index in [0.29, 0.717) is 15.8 Å². The number of H-pyrrole nitrogens is 1. The second kappa shape index (κ2) is 5.58. The average Bonchev–Trinajstić information content (AvgIpc) is 2.33. The molecule has 0 fully saturated rings. The number of halogens is 2. The normalized spacial score (nSPS) is 10.5. The van der Waals surface area contributed by atoms with Crippen molar-refractivity contribution < 1.29 is 0 Å². The first-order valence-corrected chi connectivity index (χ1v) is 6.52. The fourth-order valence-corrected chi connectivity index (χ4v) is 2.67.